The van der Waals surface area contributed by atoms with Crippen molar-refractivity contribution in [1.82, 2.24) is 10.2 Å². The lowest BCUT2D eigenvalue weighted by atomic mass is 10.1. The molecule has 0 fully saturated rings. The number of esters is 1. The topological polar surface area (TPSA) is 67.9 Å². The van der Waals surface area contributed by atoms with Crippen molar-refractivity contribution in [3.63, 3.8) is 0 Å². The van der Waals surface area contributed by atoms with E-state index in [9.17, 15) is 9.59 Å². The molecule has 0 rings (SSSR count). The summed E-state index contributed by atoms with van der Waals surface area (Å²) in [5.74, 6) is -0.106. The minimum absolute atomic E-state index is 0.106. The standard InChI is InChI=1S/C36H72N2O4/c1-6-8-10-12-14-16-18-19-20-22-24-26-30-38(32-29-37-35(40)42-36(3,4)5)31-28-34(39)41-33-27-25-23-21-17-15-13-11-9-7-2/h6-33H2,1-5H3,(H,37,40). The number of ether oxygens (including phenoxy) is 2. The van der Waals surface area contributed by atoms with Crippen LogP contribution in [0, 0.1) is 0 Å². The van der Waals surface area contributed by atoms with Crippen LogP contribution in [0.1, 0.15) is 182 Å². The zero-order chi connectivity index (χ0) is 31.2. The highest BCUT2D eigenvalue weighted by Gasteiger charge is 2.16. The van der Waals surface area contributed by atoms with Crippen molar-refractivity contribution in [2.24, 2.45) is 0 Å². The number of amides is 1. The van der Waals surface area contributed by atoms with Crippen molar-refractivity contribution in [1.29, 1.82) is 0 Å². The first kappa shape index (κ1) is 40.7. The van der Waals surface area contributed by atoms with Crippen molar-refractivity contribution in [2.75, 3.05) is 32.8 Å². The number of hydrogen-bond acceptors (Lipinski definition) is 5. The van der Waals surface area contributed by atoms with Gasteiger partial charge in [-0.1, -0.05) is 142 Å². The fourth-order valence-corrected chi connectivity index (χ4v) is 5.24. The molecule has 0 aromatic heterocycles. The lowest BCUT2D eigenvalue weighted by molar-refractivity contribution is -0.144. The number of carbonyl (C=O) groups excluding carboxylic acids is 2. The van der Waals surface area contributed by atoms with Gasteiger partial charge in [0.05, 0.1) is 13.0 Å². The Bertz CT molecular complexity index is 606. The van der Waals surface area contributed by atoms with E-state index in [1.807, 2.05) is 20.8 Å². The Labute approximate surface area is 261 Å². The van der Waals surface area contributed by atoms with Gasteiger partial charge in [-0.25, -0.2) is 4.79 Å². The molecule has 0 heterocycles. The maximum Gasteiger partial charge on any atom is 0.407 e. The van der Waals surface area contributed by atoms with Crippen LogP contribution in [0.3, 0.4) is 0 Å². The predicted molar refractivity (Wildman–Crippen MR) is 179 cm³/mol. The lowest BCUT2D eigenvalue weighted by Gasteiger charge is -2.23. The van der Waals surface area contributed by atoms with E-state index in [1.165, 1.54) is 122 Å². The van der Waals surface area contributed by atoms with Crippen molar-refractivity contribution in [3.05, 3.63) is 0 Å². The predicted octanol–water partition coefficient (Wildman–Crippen LogP) is 10.4. The average molecular weight is 597 g/mol. The molecule has 0 saturated carbocycles. The number of unbranched alkanes of at least 4 members (excludes halogenated alkanes) is 20. The summed E-state index contributed by atoms with van der Waals surface area (Å²) >= 11 is 0. The molecule has 0 aliphatic rings. The third-order valence-corrected chi connectivity index (χ3v) is 7.82. The molecule has 0 aliphatic heterocycles. The number of nitrogens with one attached hydrogen (secondary N) is 1. The average Bonchev–Trinajstić information content (AvgIpc) is 2.93. The summed E-state index contributed by atoms with van der Waals surface area (Å²) in [4.78, 5) is 26.7. The van der Waals surface area contributed by atoms with Gasteiger partial charge in [0.25, 0.3) is 0 Å². The van der Waals surface area contributed by atoms with Gasteiger partial charge < -0.3 is 19.7 Å². The van der Waals surface area contributed by atoms with E-state index in [2.05, 4.69) is 24.1 Å². The van der Waals surface area contributed by atoms with Gasteiger partial charge in [0, 0.05) is 19.6 Å². The van der Waals surface area contributed by atoms with Crippen LogP contribution in [0.15, 0.2) is 0 Å². The molecule has 6 nitrogen and oxygen atoms in total. The Balaban J connectivity index is 4.11. The Morgan fingerprint density at radius 1 is 0.571 bits per heavy atom. The highest BCUT2D eigenvalue weighted by molar-refractivity contribution is 5.69. The molecule has 0 spiro atoms. The number of hydrogen-bond donors (Lipinski definition) is 1. The first-order valence-electron chi connectivity index (χ1n) is 18.1. The van der Waals surface area contributed by atoms with E-state index >= 15 is 0 Å². The van der Waals surface area contributed by atoms with Crippen LogP contribution in [0.2, 0.25) is 0 Å². The third kappa shape index (κ3) is 31.6. The monoisotopic (exact) mass is 597 g/mol. The number of carbonyl (C=O) groups is 2. The summed E-state index contributed by atoms with van der Waals surface area (Å²) in [6, 6.07) is 0. The minimum Gasteiger partial charge on any atom is -0.466 e. The quantitative estimate of drug-likeness (QED) is 0.0660. The van der Waals surface area contributed by atoms with Crippen LogP contribution in [0.25, 0.3) is 0 Å². The SMILES string of the molecule is CCCCCCCCCCCCCCN(CCNC(=O)OC(C)(C)C)CCC(=O)OCCCCCCCCCCCC. The van der Waals surface area contributed by atoms with Crippen LogP contribution < -0.4 is 5.32 Å². The molecular weight excluding hydrogens is 524 g/mol. The fourth-order valence-electron chi connectivity index (χ4n) is 5.24. The third-order valence-electron chi connectivity index (χ3n) is 7.82. The van der Waals surface area contributed by atoms with Crippen molar-refractivity contribution < 1.29 is 19.1 Å². The van der Waals surface area contributed by atoms with Crippen molar-refractivity contribution in [2.45, 2.75) is 188 Å². The molecule has 0 radical (unpaired) electrons. The smallest absolute Gasteiger partial charge is 0.407 e. The Hall–Kier alpha value is -1.30. The van der Waals surface area contributed by atoms with Gasteiger partial charge in [-0.05, 0) is 40.2 Å². The summed E-state index contributed by atoms with van der Waals surface area (Å²) in [6.45, 7) is 13.5. The molecule has 0 bridgehead atoms. The molecule has 1 amide bonds. The Kier molecular flexibility index (Phi) is 28.8. The zero-order valence-electron chi connectivity index (χ0n) is 28.9. The van der Waals surface area contributed by atoms with E-state index in [4.69, 9.17) is 9.47 Å². The van der Waals surface area contributed by atoms with Gasteiger partial charge in [0.1, 0.15) is 5.60 Å². The molecule has 0 saturated heterocycles. The molecule has 6 heteroatoms. The summed E-state index contributed by atoms with van der Waals surface area (Å²) in [6.07, 6.45) is 28.7. The zero-order valence-corrected chi connectivity index (χ0v) is 28.9. The lowest BCUT2D eigenvalue weighted by Crippen LogP contribution is -2.39. The van der Waals surface area contributed by atoms with Gasteiger partial charge in [-0.3, -0.25) is 4.79 Å². The number of rotatable bonds is 30. The normalized spacial score (nSPS) is 11.7. The Morgan fingerprint density at radius 2 is 1.00 bits per heavy atom. The largest absolute Gasteiger partial charge is 0.466 e. The summed E-state index contributed by atoms with van der Waals surface area (Å²) < 4.78 is 10.9. The van der Waals surface area contributed by atoms with Gasteiger partial charge in [0.15, 0.2) is 0 Å². The molecule has 1 N–H and O–H groups in total. The second-order valence-electron chi connectivity index (χ2n) is 13.3. The van der Waals surface area contributed by atoms with E-state index in [1.54, 1.807) is 0 Å². The van der Waals surface area contributed by atoms with Gasteiger partial charge in [0.2, 0.25) is 0 Å². The molecule has 0 aliphatic carbocycles. The van der Waals surface area contributed by atoms with Crippen LogP contribution >= 0.6 is 0 Å². The molecule has 0 aromatic rings. The maximum absolute atomic E-state index is 12.4. The van der Waals surface area contributed by atoms with Crippen LogP contribution in [-0.2, 0) is 14.3 Å². The minimum atomic E-state index is -0.503. The van der Waals surface area contributed by atoms with Gasteiger partial charge in [-0.15, -0.1) is 0 Å². The van der Waals surface area contributed by atoms with E-state index < -0.39 is 5.60 Å². The van der Waals surface area contributed by atoms with Gasteiger partial charge in [-0.2, -0.15) is 0 Å². The van der Waals surface area contributed by atoms with Crippen LogP contribution in [-0.4, -0.2) is 55.3 Å². The highest BCUT2D eigenvalue weighted by atomic mass is 16.6. The second-order valence-corrected chi connectivity index (χ2v) is 13.3. The second kappa shape index (κ2) is 29.8. The van der Waals surface area contributed by atoms with Crippen LogP contribution in [0.4, 0.5) is 4.79 Å². The summed E-state index contributed by atoms with van der Waals surface area (Å²) in [5.41, 5.74) is -0.503. The van der Waals surface area contributed by atoms with Crippen LogP contribution in [0.5, 0.6) is 0 Å². The molecule has 0 atom stereocenters. The Morgan fingerprint density at radius 3 is 1.45 bits per heavy atom. The van der Waals surface area contributed by atoms with E-state index in [0.717, 1.165) is 25.8 Å². The molecule has 0 unspecified atom stereocenters. The van der Waals surface area contributed by atoms with E-state index in [-0.39, 0.29) is 12.1 Å². The first-order valence-corrected chi connectivity index (χ1v) is 18.1. The first-order chi connectivity index (χ1) is 20.3. The summed E-state index contributed by atoms with van der Waals surface area (Å²) in [7, 11) is 0. The molecule has 0 aromatic carbocycles. The number of nitrogens with zero attached hydrogens (tertiary/aromatic N) is 1. The van der Waals surface area contributed by atoms with Crippen molar-refractivity contribution in [3.8, 4) is 0 Å². The van der Waals surface area contributed by atoms with E-state index in [0.29, 0.717) is 32.7 Å². The number of alkyl carbamates (subject to hydrolysis) is 1. The highest BCUT2D eigenvalue weighted by Crippen LogP contribution is 2.13. The van der Waals surface area contributed by atoms with Gasteiger partial charge >= 0.3 is 12.1 Å². The van der Waals surface area contributed by atoms with Crippen molar-refractivity contribution >= 4 is 12.1 Å². The molecule has 42 heavy (non-hydrogen) atoms. The maximum atomic E-state index is 12.4. The molecular formula is C36H72N2O4. The fraction of sp³-hybridized carbons (Fsp3) is 0.944. The molecule has 250 valence electrons. The summed E-state index contributed by atoms with van der Waals surface area (Å²) in [5, 5.41) is 2.86.